The van der Waals surface area contributed by atoms with Gasteiger partial charge in [-0.05, 0) is 43.0 Å². The van der Waals surface area contributed by atoms with Gasteiger partial charge in [-0.15, -0.1) is 0 Å². The smallest absolute Gasteiger partial charge is 0.550 e. The minimum atomic E-state index is -1.08. The van der Waals surface area contributed by atoms with Crippen molar-refractivity contribution in [2.45, 2.75) is 25.9 Å². The quantitative estimate of drug-likeness (QED) is 0.711. The molecule has 0 N–H and O–H groups in total. The average molecular weight is 327 g/mol. The summed E-state index contributed by atoms with van der Waals surface area (Å²) in [7, 11) is 0. The third kappa shape index (κ3) is 5.65. The van der Waals surface area contributed by atoms with E-state index in [4.69, 9.17) is 16.3 Å². The van der Waals surface area contributed by atoms with Crippen molar-refractivity contribution in [1.29, 1.82) is 0 Å². The summed E-state index contributed by atoms with van der Waals surface area (Å²) in [6, 6.07) is 15.2. The van der Waals surface area contributed by atoms with E-state index in [0.29, 0.717) is 17.2 Å². The Morgan fingerprint density at radius 1 is 1.23 bits per heavy atom. The molecule has 0 radical (unpaired) electrons. The molecule has 110 valence electrons. The fraction of sp³-hybridized carbons (Fsp3) is 0.235. The Morgan fingerprint density at radius 3 is 2.50 bits per heavy atom. The number of aryl methyl sites for hydroxylation is 1. The van der Waals surface area contributed by atoms with Crippen LogP contribution in [0.1, 0.15) is 30.6 Å². The summed E-state index contributed by atoms with van der Waals surface area (Å²) in [5.41, 5.74) is 1.86. The standard InChI is InChI=1S/C17H17ClO3.Na/c1-12(13-5-3-2-4-6-13)21-15-9-7-14(16(18)11-15)8-10-17(19)20;/h2-7,9,11-12H,8,10H2,1H3,(H,19,20);/q;+1/p-1. The van der Waals surface area contributed by atoms with Crippen molar-refractivity contribution in [3.8, 4) is 5.75 Å². The Balaban J connectivity index is 0.00000242. The second-order valence-corrected chi connectivity index (χ2v) is 5.20. The maximum Gasteiger partial charge on any atom is 1.00 e. The molecule has 2 aromatic carbocycles. The molecule has 1 atom stereocenters. The van der Waals surface area contributed by atoms with Gasteiger partial charge in [0.1, 0.15) is 11.9 Å². The molecule has 2 aromatic rings. The van der Waals surface area contributed by atoms with E-state index >= 15 is 0 Å². The van der Waals surface area contributed by atoms with Gasteiger partial charge < -0.3 is 14.6 Å². The van der Waals surface area contributed by atoms with Gasteiger partial charge in [0.2, 0.25) is 0 Å². The van der Waals surface area contributed by atoms with E-state index in [9.17, 15) is 9.90 Å². The van der Waals surface area contributed by atoms with Gasteiger partial charge in [-0.2, -0.15) is 0 Å². The topological polar surface area (TPSA) is 49.4 Å². The number of benzene rings is 2. The van der Waals surface area contributed by atoms with Gasteiger partial charge in [0.15, 0.2) is 0 Å². The van der Waals surface area contributed by atoms with E-state index in [1.54, 1.807) is 18.2 Å². The molecule has 22 heavy (non-hydrogen) atoms. The molecule has 3 nitrogen and oxygen atoms in total. The minimum Gasteiger partial charge on any atom is -0.550 e. The Morgan fingerprint density at radius 2 is 1.91 bits per heavy atom. The van der Waals surface area contributed by atoms with Crippen LogP contribution in [0.3, 0.4) is 0 Å². The second-order valence-electron chi connectivity index (χ2n) is 4.80. The minimum absolute atomic E-state index is 0. The van der Waals surface area contributed by atoms with Crippen LogP contribution >= 0.6 is 11.6 Å². The van der Waals surface area contributed by atoms with Crippen LogP contribution in [0.2, 0.25) is 5.02 Å². The molecule has 0 fully saturated rings. The monoisotopic (exact) mass is 326 g/mol. The number of rotatable bonds is 6. The van der Waals surface area contributed by atoms with Crippen LogP contribution in [0.25, 0.3) is 0 Å². The number of aliphatic carboxylic acids is 1. The molecular weight excluding hydrogens is 311 g/mol. The van der Waals surface area contributed by atoms with Crippen LogP contribution in [-0.4, -0.2) is 5.97 Å². The molecule has 0 aliphatic rings. The molecule has 0 saturated carbocycles. The third-order valence-corrected chi connectivity index (χ3v) is 3.56. The predicted molar refractivity (Wildman–Crippen MR) is 80.3 cm³/mol. The largest absolute Gasteiger partial charge is 1.00 e. The van der Waals surface area contributed by atoms with Gasteiger partial charge in [0.05, 0.1) is 0 Å². The zero-order valence-corrected chi connectivity index (χ0v) is 15.5. The number of carboxylic acid groups (broad SMARTS) is 1. The van der Waals surface area contributed by atoms with E-state index in [1.165, 1.54) is 0 Å². The number of hydrogen-bond donors (Lipinski definition) is 0. The van der Waals surface area contributed by atoms with Crippen LogP contribution < -0.4 is 39.4 Å². The molecule has 2 rings (SSSR count). The zero-order chi connectivity index (χ0) is 15.2. The number of carbonyl (C=O) groups is 1. The summed E-state index contributed by atoms with van der Waals surface area (Å²) in [5.74, 6) is -0.419. The molecular formula is C17H16ClNaO3. The Hall–Kier alpha value is -1.000. The Bertz CT molecular complexity index is 617. The van der Waals surface area contributed by atoms with Crippen molar-refractivity contribution in [1.82, 2.24) is 0 Å². The molecule has 0 aliphatic heterocycles. The molecule has 5 heteroatoms. The van der Waals surface area contributed by atoms with E-state index in [1.807, 2.05) is 37.3 Å². The molecule has 0 saturated heterocycles. The summed E-state index contributed by atoms with van der Waals surface area (Å²) in [5, 5.41) is 11.0. The molecule has 0 aromatic heterocycles. The molecule has 0 heterocycles. The first-order valence-electron chi connectivity index (χ1n) is 6.76. The van der Waals surface area contributed by atoms with E-state index in [2.05, 4.69) is 0 Å². The zero-order valence-electron chi connectivity index (χ0n) is 12.7. The predicted octanol–water partition coefficient (Wildman–Crippen LogP) is 0.166. The average Bonchev–Trinajstić information content (AvgIpc) is 2.47. The SMILES string of the molecule is CC(Oc1ccc(CCC(=O)[O-])c(Cl)c1)c1ccccc1.[Na+]. The maximum atomic E-state index is 10.5. The first-order chi connectivity index (χ1) is 10.1. The number of ether oxygens (including phenoxy) is 1. The molecule has 0 aliphatic carbocycles. The summed E-state index contributed by atoms with van der Waals surface area (Å²) in [6.07, 6.45) is 0.229. The number of hydrogen-bond acceptors (Lipinski definition) is 3. The normalized spacial score (nSPS) is 11.4. The van der Waals surface area contributed by atoms with Crippen LogP contribution in [0.15, 0.2) is 48.5 Å². The van der Waals surface area contributed by atoms with Crippen molar-refractivity contribution >= 4 is 17.6 Å². The van der Waals surface area contributed by atoms with E-state index in [-0.39, 0.29) is 42.1 Å². The Kier molecular flexibility index (Phi) is 7.97. The third-order valence-electron chi connectivity index (χ3n) is 3.20. The number of carbonyl (C=O) groups excluding carboxylic acids is 1. The van der Waals surface area contributed by atoms with Gasteiger partial charge >= 0.3 is 29.6 Å². The molecule has 0 amide bonds. The van der Waals surface area contributed by atoms with Gasteiger partial charge in [-0.3, -0.25) is 0 Å². The first kappa shape index (κ1) is 19.0. The van der Waals surface area contributed by atoms with Crippen molar-refractivity contribution in [3.05, 3.63) is 64.7 Å². The van der Waals surface area contributed by atoms with Crippen molar-refractivity contribution < 1.29 is 44.2 Å². The summed E-state index contributed by atoms with van der Waals surface area (Å²) in [4.78, 5) is 10.5. The van der Waals surface area contributed by atoms with Crippen LogP contribution in [0.5, 0.6) is 5.75 Å². The molecule has 0 bridgehead atoms. The molecule has 0 spiro atoms. The van der Waals surface area contributed by atoms with Gasteiger partial charge in [0, 0.05) is 11.0 Å². The number of halogens is 1. The number of carboxylic acids is 1. The first-order valence-corrected chi connectivity index (χ1v) is 7.14. The van der Waals surface area contributed by atoms with Crippen LogP contribution in [0, 0.1) is 0 Å². The second kappa shape index (κ2) is 9.21. The van der Waals surface area contributed by atoms with Crippen molar-refractivity contribution in [2.24, 2.45) is 0 Å². The molecule has 1 unspecified atom stereocenters. The van der Waals surface area contributed by atoms with E-state index in [0.717, 1.165) is 11.1 Å². The van der Waals surface area contributed by atoms with Crippen LogP contribution in [-0.2, 0) is 11.2 Å². The summed E-state index contributed by atoms with van der Waals surface area (Å²) < 4.78 is 5.85. The fourth-order valence-corrected chi connectivity index (χ4v) is 2.30. The summed E-state index contributed by atoms with van der Waals surface area (Å²) >= 11 is 6.15. The van der Waals surface area contributed by atoms with Crippen molar-refractivity contribution in [2.75, 3.05) is 0 Å². The van der Waals surface area contributed by atoms with Gasteiger partial charge in [-0.1, -0.05) is 48.0 Å². The van der Waals surface area contributed by atoms with Gasteiger partial charge in [-0.25, -0.2) is 0 Å². The van der Waals surface area contributed by atoms with E-state index < -0.39 is 5.97 Å². The Labute approximate surface area is 157 Å². The maximum absolute atomic E-state index is 10.5. The van der Waals surface area contributed by atoms with Crippen molar-refractivity contribution in [3.63, 3.8) is 0 Å². The summed E-state index contributed by atoms with van der Waals surface area (Å²) in [6.45, 7) is 1.97. The van der Waals surface area contributed by atoms with Crippen LogP contribution in [0.4, 0.5) is 0 Å². The fourth-order valence-electron chi connectivity index (χ4n) is 2.04. The van der Waals surface area contributed by atoms with Gasteiger partial charge in [0.25, 0.3) is 0 Å².